The average molecular weight is 444 g/mol. The number of hydrogen-bond acceptors (Lipinski definition) is 2. The second-order valence-electron chi connectivity index (χ2n) is 7.53. The van der Waals surface area contributed by atoms with E-state index in [0.717, 1.165) is 13.1 Å². The van der Waals surface area contributed by atoms with Crippen LogP contribution in [0.5, 0.6) is 0 Å². The molecule has 136 valence electrons. The standard InChI is InChI=1S/C19H32N4.HI/c1-15-9-8-12-23(13-15)18(20)21-14-19(3,4)22-16(2)17-10-6-5-7-11-17;/h5-7,10-11,15-16,22H,8-9,12-14H2,1-4H3,(H2,20,21);1H. The summed E-state index contributed by atoms with van der Waals surface area (Å²) in [7, 11) is 0. The van der Waals surface area contributed by atoms with Crippen LogP contribution in [0, 0.1) is 5.92 Å². The minimum Gasteiger partial charge on any atom is -0.370 e. The SMILES string of the molecule is CC1CCCN(C(N)=NCC(C)(C)NC(C)c2ccccc2)C1.I. The van der Waals surface area contributed by atoms with E-state index in [0.29, 0.717) is 18.4 Å². The highest BCUT2D eigenvalue weighted by Gasteiger charge is 2.22. The van der Waals surface area contributed by atoms with E-state index in [1.54, 1.807) is 0 Å². The van der Waals surface area contributed by atoms with Gasteiger partial charge in [0.15, 0.2) is 5.96 Å². The van der Waals surface area contributed by atoms with Crippen LogP contribution in [0.15, 0.2) is 35.3 Å². The maximum Gasteiger partial charge on any atom is 0.191 e. The van der Waals surface area contributed by atoms with Crippen molar-refractivity contribution in [1.82, 2.24) is 10.2 Å². The van der Waals surface area contributed by atoms with Gasteiger partial charge >= 0.3 is 0 Å². The third-order valence-electron chi connectivity index (χ3n) is 4.52. The molecule has 2 unspecified atom stereocenters. The molecule has 4 nitrogen and oxygen atoms in total. The quantitative estimate of drug-likeness (QED) is 0.413. The minimum absolute atomic E-state index is 0. The van der Waals surface area contributed by atoms with Crippen molar-refractivity contribution in [2.24, 2.45) is 16.6 Å². The molecule has 0 amide bonds. The van der Waals surface area contributed by atoms with Crippen molar-refractivity contribution in [3.63, 3.8) is 0 Å². The van der Waals surface area contributed by atoms with Crippen molar-refractivity contribution in [3.8, 4) is 0 Å². The summed E-state index contributed by atoms with van der Waals surface area (Å²) in [4.78, 5) is 6.89. The third-order valence-corrected chi connectivity index (χ3v) is 4.52. The number of nitrogens with one attached hydrogen (secondary N) is 1. The van der Waals surface area contributed by atoms with E-state index < -0.39 is 0 Å². The van der Waals surface area contributed by atoms with Crippen LogP contribution in [0.3, 0.4) is 0 Å². The predicted octanol–water partition coefficient (Wildman–Crippen LogP) is 3.78. The number of nitrogens with two attached hydrogens (primary N) is 1. The number of aliphatic imine (C=N–C) groups is 1. The summed E-state index contributed by atoms with van der Waals surface area (Å²) in [5.74, 6) is 1.40. The van der Waals surface area contributed by atoms with Crippen LogP contribution in [-0.4, -0.2) is 36.0 Å². The van der Waals surface area contributed by atoms with Gasteiger partial charge in [0.05, 0.1) is 6.54 Å². The van der Waals surface area contributed by atoms with Gasteiger partial charge in [0.2, 0.25) is 0 Å². The molecule has 0 aliphatic carbocycles. The first kappa shape index (κ1) is 21.2. The lowest BCUT2D eigenvalue weighted by molar-refractivity contribution is 0.269. The Hall–Kier alpha value is -0.820. The first-order valence-electron chi connectivity index (χ1n) is 8.75. The molecule has 1 aromatic carbocycles. The van der Waals surface area contributed by atoms with Gasteiger partial charge in [-0.3, -0.25) is 4.99 Å². The number of guanidine groups is 1. The number of halogens is 1. The number of piperidine rings is 1. The highest BCUT2D eigenvalue weighted by molar-refractivity contribution is 14.0. The molecular weight excluding hydrogens is 411 g/mol. The summed E-state index contributed by atoms with van der Waals surface area (Å²) < 4.78 is 0. The van der Waals surface area contributed by atoms with Crippen molar-refractivity contribution < 1.29 is 0 Å². The van der Waals surface area contributed by atoms with E-state index in [1.807, 2.05) is 6.07 Å². The minimum atomic E-state index is -0.0960. The van der Waals surface area contributed by atoms with Crippen LogP contribution in [0.2, 0.25) is 0 Å². The van der Waals surface area contributed by atoms with Gasteiger partial charge in [-0.2, -0.15) is 0 Å². The van der Waals surface area contributed by atoms with Crippen molar-refractivity contribution in [3.05, 3.63) is 35.9 Å². The summed E-state index contributed by atoms with van der Waals surface area (Å²) in [6.45, 7) is 11.6. The Morgan fingerprint density at radius 2 is 2.04 bits per heavy atom. The average Bonchev–Trinajstić information content (AvgIpc) is 2.53. The van der Waals surface area contributed by atoms with Gasteiger partial charge < -0.3 is 16.0 Å². The zero-order valence-electron chi connectivity index (χ0n) is 15.5. The Balaban J connectivity index is 0.00000288. The molecule has 0 aromatic heterocycles. The van der Waals surface area contributed by atoms with Crippen LogP contribution in [-0.2, 0) is 0 Å². The van der Waals surface area contributed by atoms with Crippen LogP contribution in [0.1, 0.15) is 52.1 Å². The first-order valence-corrected chi connectivity index (χ1v) is 8.75. The van der Waals surface area contributed by atoms with Gasteiger partial charge in [-0.25, -0.2) is 0 Å². The summed E-state index contributed by atoms with van der Waals surface area (Å²) in [5.41, 5.74) is 7.41. The van der Waals surface area contributed by atoms with E-state index >= 15 is 0 Å². The number of rotatable bonds is 5. The zero-order chi connectivity index (χ0) is 16.9. The Kier molecular flexibility index (Phi) is 8.50. The fourth-order valence-corrected chi connectivity index (χ4v) is 3.23. The lowest BCUT2D eigenvalue weighted by atomic mass is 10.0. The summed E-state index contributed by atoms with van der Waals surface area (Å²) in [5, 5.41) is 3.66. The molecule has 5 heteroatoms. The Morgan fingerprint density at radius 3 is 2.67 bits per heavy atom. The highest BCUT2D eigenvalue weighted by Crippen LogP contribution is 2.17. The maximum atomic E-state index is 6.21. The summed E-state index contributed by atoms with van der Waals surface area (Å²) >= 11 is 0. The molecule has 1 saturated heterocycles. The highest BCUT2D eigenvalue weighted by atomic mass is 127. The molecule has 1 aromatic rings. The molecule has 24 heavy (non-hydrogen) atoms. The molecule has 1 heterocycles. The second-order valence-corrected chi connectivity index (χ2v) is 7.53. The summed E-state index contributed by atoms with van der Waals surface area (Å²) in [6.07, 6.45) is 2.51. The largest absolute Gasteiger partial charge is 0.370 e. The van der Waals surface area contributed by atoms with Crippen LogP contribution in [0.4, 0.5) is 0 Å². The topological polar surface area (TPSA) is 53.6 Å². The molecule has 1 aliphatic rings. The molecular formula is C19H33IN4. The van der Waals surface area contributed by atoms with E-state index in [4.69, 9.17) is 5.73 Å². The van der Waals surface area contributed by atoms with Crippen LogP contribution in [0.25, 0.3) is 0 Å². The maximum absolute atomic E-state index is 6.21. The first-order chi connectivity index (χ1) is 10.9. The zero-order valence-corrected chi connectivity index (χ0v) is 17.8. The second kappa shape index (κ2) is 9.61. The van der Waals surface area contributed by atoms with Crippen LogP contribution < -0.4 is 11.1 Å². The fraction of sp³-hybridized carbons (Fsp3) is 0.632. The fourth-order valence-electron chi connectivity index (χ4n) is 3.23. The molecule has 3 N–H and O–H groups in total. The van der Waals surface area contributed by atoms with E-state index in [2.05, 4.69) is 67.2 Å². The molecule has 0 saturated carbocycles. The van der Waals surface area contributed by atoms with Crippen LogP contribution >= 0.6 is 24.0 Å². The Morgan fingerprint density at radius 1 is 1.38 bits per heavy atom. The number of benzene rings is 1. The Labute approximate surface area is 164 Å². The van der Waals surface area contributed by atoms with Gasteiger partial charge in [0.1, 0.15) is 0 Å². The van der Waals surface area contributed by atoms with Crippen molar-refractivity contribution in [1.29, 1.82) is 0 Å². The summed E-state index contributed by atoms with van der Waals surface area (Å²) in [6, 6.07) is 10.8. The van der Waals surface area contributed by atoms with Crippen molar-refractivity contribution in [2.45, 2.75) is 52.1 Å². The molecule has 0 bridgehead atoms. The van der Waals surface area contributed by atoms with Gasteiger partial charge in [-0.1, -0.05) is 37.3 Å². The molecule has 0 radical (unpaired) electrons. The van der Waals surface area contributed by atoms with E-state index in [9.17, 15) is 0 Å². The normalized spacial score (nSPS) is 20.4. The molecule has 2 rings (SSSR count). The van der Waals surface area contributed by atoms with Crippen molar-refractivity contribution >= 4 is 29.9 Å². The molecule has 0 spiro atoms. The molecule has 1 fully saturated rings. The van der Waals surface area contributed by atoms with E-state index in [-0.39, 0.29) is 35.6 Å². The monoisotopic (exact) mass is 444 g/mol. The predicted molar refractivity (Wildman–Crippen MR) is 114 cm³/mol. The van der Waals surface area contributed by atoms with Gasteiger partial charge in [-0.15, -0.1) is 24.0 Å². The van der Waals surface area contributed by atoms with Gasteiger partial charge in [0.25, 0.3) is 0 Å². The number of likely N-dealkylation sites (tertiary alicyclic amines) is 1. The smallest absolute Gasteiger partial charge is 0.191 e. The Bertz CT molecular complexity index is 515. The lowest BCUT2D eigenvalue weighted by Crippen LogP contribution is -2.47. The third kappa shape index (κ3) is 6.59. The molecule has 1 aliphatic heterocycles. The molecule has 2 atom stereocenters. The van der Waals surface area contributed by atoms with Crippen molar-refractivity contribution in [2.75, 3.05) is 19.6 Å². The van der Waals surface area contributed by atoms with E-state index in [1.165, 1.54) is 18.4 Å². The van der Waals surface area contributed by atoms with Gasteiger partial charge in [0, 0.05) is 24.7 Å². The van der Waals surface area contributed by atoms with Gasteiger partial charge in [-0.05, 0) is 45.1 Å². The number of nitrogens with zero attached hydrogens (tertiary/aromatic N) is 2. The number of hydrogen-bond donors (Lipinski definition) is 2. The lowest BCUT2D eigenvalue weighted by Gasteiger charge is -2.33.